The van der Waals surface area contributed by atoms with Crippen LogP contribution in [0.3, 0.4) is 0 Å². The van der Waals surface area contributed by atoms with Gasteiger partial charge in [0.25, 0.3) is 0 Å². The maximum atomic E-state index is 11.6. The van der Waals surface area contributed by atoms with Gasteiger partial charge in [0, 0.05) is 20.0 Å². The maximum absolute atomic E-state index is 11.6. The molecule has 2 amide bonds. The number of hydrogen-bond donors (Lipinski definition) is 3. The molecule has 5 heteroatoms. The first-order chi connectivity index (χ1) is 7.24. The molecule has 0 aromatic carbocycles. The van der Waals surface area contributed by atoms with E-state index in [0.29, 0.717) is 13.0 Å². The monoisotopic (exact) mass is 213 g/mol. The van der Waals surface area contributed by atoms with Crippen LogP contribution in [0.1, 0.15) is 25.7 Å². The molecule has 5 nitrogen and oxygen atoms in total. The van der Waals surface area contributed by atoms with Gasteiger partial charge in [-0.3, -0.25) is 9.59 Å². The van der Waals surface area contributed by atoms with E-state index in [9.17, 15) is 9.59 Å². The number of carbonyl (C=O) groups is 2. The van der Waals surface area contributed by atoms with Gasteiger partial charge in [0.15, 0.2) is 0 Å². The molecule has 0 saturated carbocycles. The van der Waals surface area contributed by atoms with E-state index in [1.54, 1.807) is 7.05 Å². The average Bonchev–Trinajstić information content (AvgIpc) is 2.29. The van der Waals surface area contributed by atoms with Crippen LogP contribution in [0, 0.1) is 0 Å². The normalized spacial score (nSPS) is 20.7. The molecule has 3 N–H and O–H groups in total. The lowest BCUT2D eigenvalue weighted by atomic mass is 10.0. The van der Waals surface area contributed by atoms with Crippen molar-refractivity contribution in [1.82, 2.24) is 16.0 Å². The van der Waals surface area contributed by atoms with E-state index in [0.717, 1.165) is 25.8 Å². The highest BCUT2D eigenvalue weighted by Gasteiger charge is 2.19. The minimum atomic E-state index is -0.0663. The van der Waals surface area contributed by atoms with Crippen molar-refractivity contribution in [2.24, 2.45) is 0 Å². The summed E-state index contributed by atoms with van der Waals surface area (Å²) in [6, 6.07) is -0.0663. The van der Waals surface area contributed by atoms with Crippen molar-refractivity contribution >= 4 is 11.8 Å². The van der Waals surface area contributed by atoms with E-state index in [2.05, 4.69) is 16.0 Å². The first kappa shape index (κ1) is 12.0. The van der Waals surface area contributed by atoms with Gasteiger partial charge in [-0.15, -0.1) is 0 Å². The molecule has 0 radical (unpaired) electrons. The number of nitrogens with one attached hydrogen (secondary N) is 3. The lowest BCUT2D eigenvalue weighted by molar-refractivity contribution is -0.124. The highest BCUT2D eigenvalue weighted by molar-refractivity contribution is 5.82. The van der Waals surface area contributed by atoms with Gasteiger partial charge in [0.1, 0.15) is 0 Å². The summed E-state index contributed by atoms with van der Waals surface area (Å²) in [5.74, 6) is -0.0366. The molecule has 0 bridgehead atoms. The molecule has 0 unspecified atom stereocenters. The molecule has 0 aliphatic carbocycles. The van der Waals surface area contributed by atoms with Crippen molar-refractivity contribution in [2.75, 3.05) is 20.1 Å². The van der Waals surface area contributed by atoms with E-state index < -0.39 is 0 Å². The molecule has 1 rings (SSSR count). The SMILES string of the molecule is CNC(=O)CCNC(=O)[C@@H]1CCCCN1. The molecular formula is C10H19N3O2. The van der Waals surface area contributed by atoms with Crippen LogP contribution in [0.4, 0.5) is 0 Å². The summed E-state index contributed by atoms with van der Waals surface area (Å²) < 4.78 is 0. The van der Waals surface area contributed by atoms with Gasteiger partial charge < -0.3 is 16.0 Å². The molecule has 0 aromatic heterocycles. The van der Waals surface area contributed by atoms with E-state index in [4.69, 9.17) is 0 Å². The largest absolute Gasteiger partial charge is 0.359 e. The molecule has 0 aromatic rings. The number of carbonyl (C=O) groups excluding carboxylic acids is 2. The highest BCUT2D eigenvalue weighted by Crippen LogP contribution is 2.06. The fraction of sp³-hybridized carbons (Fsp3) is 0.800. The quantitative estimate of drug-likeness (QED) is 0.583. The molecule has 1 aliphatic rings. The van der Waals surface area contributed by atoms with Crippen molar-refractivity contribution in [3.8, 4) is 0 Å². The van der Waals surface area contributed by atoms with Crippen LogP contribution < -0.4 is 16.0 Å². The standard InChI is InChI=1S/C10H19N3O2/c1-11-9(14)5-7-13-10(15)8-4-2-3-6-12-8/h8,12H,2-7H2,1H3,(H,11,14)(H,13,15)/t8-/m0/s1. The third-order valence-electron chi connectivity index (χ3n) is 2.56. The van der Waals surface area contributed by atoms with Gasteiger partial charge in [0.05, 0.1) is 6.04 Å². The van der Waals surface area contributed by atoms with Gasteiger partial charge in [0.2, 0.25) is 11.8 Å². The molecule has 1 aliphatic heterocycles. The summed E-state index contributed by atoms with van der Waals surface area (Å²) in [4.78, 5) is 22.5. The Morgan fingerprint density at radius 3 is 2.80 bits per heavy atom. The Bertz CT molecular complexity index is 225. The van der Waals surface area contributed by atoms with Crippen LogP contribution in [0.2, 0.25) is 0 Å². The molecule has 0 spiro atoms. The van der Waals surface area contributed by atoms with Crippen LogP contribution in [-0.2, 0) is 9.59 Å². The van der Waals surface area contributed by atoms with Crippen molar-refractivity contribution in [3.63, 3.8) is 0 Å². The first-order valence-corrected chi connectivity index (χ1v) is 5.45. The molecule has 1 saturated heterocycles. The Morgan fingerprint density at radius 2 is 2.20 bits per heavy atom. The van der Waals surface area contributed by atoms with Crippen molar-refractivity contribution in [1.29, 1.82) is 0 Å². The molecular weight excluding hydrogens is 194 g/mol. The first-order valence-electron chi connectivity index (χ1n) is 5.45. The van der Waals surface area contributed by atoms with Gasteiger partial charge in [-0.1, -0.05) is 6.42 Å². The van der Waals surface area contributed by atoms with E-state index in [1.165, 1.54) is 0 Å². The summed E-state index contributed by atoms with van der Waals surface area (Å²) in [7, 11) is 1.59. The second-order valence-electron chi connectivity index (χ2n) is 3.72. The summed E-state index contributed by atoms with van der Waals surface area (Å²) in [6.07, 6.45) is 3.48. The van der Waals surface area contributed by atoms with Crippen LogP contribution in [0.15, 0.2) is 0 Å². The summed E-state index contributed by atoms with van der Waals surface area (Å²) >= 11 is 0. The van der Waals surface area contributed by atoms with Crippen LogP contribution in [0.25, 0.3) is 0 Å². The third-order valence-corrected chi connectivity index (χ3v) is 2.56. The number of rotatable bonds is 4. The fourth-order valence-corrected chi connectivity index (χ4v) is 1.62. The van der Waals surface area contributed by atoms with Crippen LogP contribution in [-0.4, -0.2) is 38.0 Å². The molecule has 1 atom stereocenters. The van der Waals surface area contributed by atoms with Crippen molar-refractivity contribution in [3.05, 3.63) is 0 Å². The number of piperidine rings is 1. The molecule has 1 heterocycles. The Morgan fingerprint density at radius 1 is 1.40 bits per heavy atom. The Kier molecular flexibility index (Phi) is 5.10. The number of hydrogen-bond acceptors (Lipinski definition) is 3. The van der Waals surface area contributed by atoms with Gasteiger partial charge in [-0.2, -0.15) is 0 Å². The van der Waals surface area contributed by atoms with Crippen LogP contribution >= 0.6 is 0 Å². The predicted molar refractivity (Wildman–Crippen MR) is 57.3 cm³/mol. The van der Waals surface area contributed by atoms with Crippen molar-refractivity contribution < 1.29 is 9.59 Å². The zero-order valence-electron chi connectivity index (χ0n) is 9.14. The number of amides is 2. The van der Waals surface area contributed by atoms with Crippen molar-refractivity contribution in [2.45, 2.75) is 31.7 Å². The zero-order valence-corrected chi connectivity index (χ0v) is 9.14. The second-order valence-corrected chi connectivity index (χ2v) is 3.72. The average molecular weight is 213 g/mol. The summed E-state index contributed by atoms with van der Waals surface area (Å²) in [5, 5.41) is 8.43. The fourth-order valence-electron chi connectivity index (χ4n) is 1.62. The molecule has 1 fully saturated rings. The van der Waals surface area contributed by atoms with Gasteiger partial charge in [-0.05, 0) is 19.4 Å². The molecule has 15 heavy (non-hydrogen) atoms. The summed E-state index contributed by atoms with van der Waals surface area (Å²) in [5.41, 5.74) is 0. The second kappa shape index (κ2) is 6.40. The minimum Gasteiger partial charge on any atom is -0.359 e. The lowest BCUT2D eigenvalue weighted by Gasteiger charge is -2.22. The van der Waals surface area contributed by atoms with E-state index >= 15 is 0 Å². The van der Waals surface area contributed by atoms with E-state index in [1.807, 2.05) is 0 Å². The van der Waals surface area contributed by atoms with Gasteiger partial charge >= 0.3 is 0 Å². The van der Waals surface area contributed by atoms with E-state index in [-0.39, 0.29) is 17.9 Å². The summed E-state index contributed by atoms with van der Waals surface area (Å²) in [6.45, 7) is 1.32. The van der Waals surface area contributed by atoms with Gasteiger partial charge in [-0.25, -0.2) is 0 Å². The smallest absolute Gasteiger partial charge is 0.237 e. The highest BCUT2D eigenvalue weighted by atomic mass is 16.2. The Labute approximate surface area is 90.0 Å². The van der Waals surface area contributed by atoms with Crippen LogP contribution in [0.5, 0.6) is 0 Å². The lowest BCUT2D eigenvalue weighted by Crippen LogP contribution is -2.47. The maximum Gasteiger partial charge on any atom is 0.237 e. The predicted octanol–water partition coefficient (Wildman–Crippen LogP) is -0.619. The minimum absolute atomic E-state index is 0.0126. The third kappa shape index (κ3) is 4.29. The zero-order chi connectivity index (χ0) is 11.1. The Balaban J connectivity index is 2.14. The topological polar surface area (TPSA) is 70.2 Å². The Hall–Kier alpha value is -1.10. The molecule has 86 valence electrons.